The molecule has 1 aromatic rings. The van der Waals surface area contributed by atoms with Gasteiger partial charge in [-0.1, -0.05) is 57.0 Å². The monoisotopic (exact) mass is 532 g/mol. The van der Waals surface area contributed by atoms with Crippen molar-refractivity contribution in [1.29, 1.82) is 0 Å². The summed E-state index contributed by atoms with van der Waals surface area (Å²) in [6, 6.07) is 7.74. The van der Waals surface area contributed by atoms with E-state index in [-0.39, 0.29) is 24.6 Å². The first-order chi connectivity index (χ1) is 17.8. The Morgan fingerprint density at radius 1 is 0.868 bits per heavy atom. The van der Waals surface area contributed by atoms with Crippen molar-refractivity contribution in [2.45, 2.75) is 110 Å². The van der Waals surface area contributed by atoms with E-state index in [0.29, 0.717) is 6.42 Å². The summed E-state index contributed by atoms with van der Waals surface area (Å²) in [6.45, 7) is 11.0. The van der Waals surface area contributed by atoms with Crippen LogP contribution in [0, 0.1) is 5.92 Å². The van der Waals surface area contributed by atoms with Crippen LogP contribution in [0.25, 0.3) is 0 Å². The first kappa shape index (κ1) is 31.2. The molecule has 0 bridgehead atoms. The summed E-state index contributed by atoms with van der Waals surface area (Å²) in [5, 5.41) is 11.4. The van der Waals surface area contributed by atoms with Crippen molar-refractivity contribution in [3.8, 4) is 0 Å². The lowest BCUT2D eigenvalue weighted by atomic mass is 9.88. The van der Waals surface area contributed by atoms with Crippen LogP contribution in [0.1, 0.15) is 79.2 Å². The lowest BCUT2D eigenvalue weighted by molar-refractivity contribution is -0.124. The largest absolute Gasteiger partial charge is 0.444 e. The Morgan fingerprint density at radius 3 is 2.03 bits per heavy atom. The van der Waals surface area contributed by atoms with Crippen LogP contribution in [0.4, 0.5) is 9.59 Å². The Morgan fingerprint density at radius 2 is 1.45 bits per heavy atom. The van der Waals surface area contributed by atoms with Gasteiger partial charge in [0.15, 0.2) is 0 Å². The van der Waals surface area contributed by atoms with E-state index in [4.69, 9.17) is 9.47 Å². The molecule has 0 spiro atoms. The summed E-state index contributed by atoms with van der Waals surface area (Å²) >= 11 is 0. The molecule has 0 heterocycles. The van der Waals surface area contributed by atoms with Gasteiger partial charge in [0.25, 0.3) is 0 Å². The second kappa shape index (κ2) is 14.8. The quantitative estimate of drug-likeness (QED) is 0.358. The van der Waals surface area contributed by atoms with E-state index in [1.807, 2.05) is 44.2 Å². The minimum Gasteiger partial charge on any atom is -0.444 e. The van der Waals surface area contributed by atoms with Crippen LogP contribution in [0.5, 0.6) is 0 Å². The Hall–Kier alpha value is -2.98. The Balaban J connectivity index is 1.94. The first-order valence-corrected chi connectivity index (χ1v) is 13.4. The number of imide groups is 2. The second-order valence-electron chi connectivity index (χ2n) is 11.3. The Kier molecular flexibility index (Phi) is 12.2. The van der Waals surface area contributed by atoms with Gasteiger partial charge in [-0.15, -0.1) is 0 Å². The number of alkyl carbamates (subject to hydrolysis) is 2. The molecule has 4 N–H and O–H groups in total. The van der Waals surface area contributed by atoms with Gasteiger partial charge in [-0.25, -0.2) is 9.59 Å². The van der Waals surface area contributed by atoms with Gasteiger partial charge in [0, 0.05) is 12.1 Å². The smallest absolute Gasteiger partial charge is 0.414 e. The Bertz CT molecular complexity index is 931. The summed E-state index contributed by atoms with van der Waals surface area (Å²) in [7, 11) is 0. The topological polar surface area (TPSA) is 135 Å². The second-order valence-corrected chi connectivity index (χ2v) is 11.3. The first-order valence-electron chi connectivity index (χ1n) is 13.4. The fourth-order valence-electron chi connectivity index (χ4n) is 4.37. The summed E-state index contributed by atoms with van der Waals surface area (Å²) < 4.78 is 10.4. The molecule has 38 heavy (non-hydrogen) atoms. The molecule has 0 aromatic heterocycles. The van der Waals surface area contributed by atoms with Gasteiger partial charge in [0.2, 0.25) is 11.8 Å². The van der Waals surface area contributed by atoms with Crippen molar-refractivity contribution in [2.75, 3.05) is 0 Å². The van der Waals surface area contributed by atoms with E-state index in [9.17, 15) is 19.2 Å². The third kappa shape index (κ3) is 11.6. The molecular weight excluding hydrogens is 488 g/mol. The third-order valence-corrected chi connectivity index (χ3v) is 6.12. The molecule has 0 saturated heterocycles. The summed E-state index contributed by atoms with van der Waals surface area (Å²) in [5.41, 5.74) is 0.109. The Labute approximate surface area is 226 Å². The van der Waals surface area contributed by atoms with Crippen molar-refractivity contribution in [3.63, 3.8) is 0 Å². The fourth-order valence-corrected chi connectivity index (χ4v) is 4.37. The number of ether oxygens (including phenoxy) is 2. The average Bonchev–Trinajstić information content (AvgIpc) is 2.82. The van der Waals surface area contributed by atoms with Gasteiger partial charge in [0.05, 0.1) is 12.1 Å². The van der Waals surface area contributed by atoms with E-state index in [1.54, 1.807) is 27.7 Å². The molecule has 4 atom stereocenters. The number of benzene rings is 1. The van der Waals surface area contributed by atoms with Crippen molar-refractivity contribution < 1.29 is 28.7 Å². The molecule has 1 saturated carbocycles. The maximum absolute atomic E-state index is 13.0. The number of rotatable bonds is 10. The number of hydrogen-bond acceptors (Lipinski definition) is 8. The van der Waals surface area contributed by atoms with Crippen LogP contribution in [0.15, 0.2) is 30.3 Å². The predicted molar refractivity (Wildman–Crippen MR) is 144 cm³/mol. The van der Waals surface area contributed by atoms with Gasteiger partial charge in [-0.2, -0.15) is 0 Å². The van der Waals surface area contributed by atoms with Gasteiger partial charge < -0.3 is 20.1 Å². The van der Waals surface area contributed by atoms with E-state index in [0.717, 1.165) is 31.2 Å². The highest BCUT2D eigenvalue weighted by Gasteiger charge is 2.33. The zero-order valence-electron chi connectivity index (χ0n) is 23.5. The standard InChI is InChI=1S/C28H44N4O6/c1-18(2)16-23(25(34)32-27(36)38-28(4,5)6)30-22-15-11-10-14-21(22)29-19(3)24(33)31-26(35)37-17-20-12-8-7-9-13-20/h7-9,12-13,18-19,21-23,29-30H,10-11,14-17H2,1-6H3,(H,31,33,35)(H,32,34,36)/t19-,21+,22+,23-/m0/s1. The predicted octanol–water partition coefficient (Wildman–Crippen LogP) is 3.78. The van der Waals surface area contributed by atoms with Crippen molar-refractivity contribution in [3.05, 3.63) is 35.9 Å². The molecule has 0 unspecified atom stereocenters. The molecule has 0 aliphatic heterocycles. The SMILES string of the molecule is CC(C)C[C@H](N[C@@H]1CCCC[C@H]1N[C@@H](C)C(=O)NC(=O)OCc1ccccc1)C(=O)NC(=O)OC(C)(C)C. The van der Waals surface area contributed by atoms with Crippen LogP contribution < -0.4 is 21.3 Å². The number of amides is 4. The van der Waals surface area contributed by atoms with Crippen LogP contribution in [-0.2, 0) is 25.7 Å². The van der Waals surface area contributed by atoms with Crippen molar-refractivity contribution in [1.82, 2.24) is 21.3 Å². The van der Waals surface area contributed by atoms with Gasteiger partial charge in [-0.3, -0.25) is 20.2 Å². The highest BCUT2D eigenvalue weighted by atomic mass is 16.6. The molecule has 1 fully saturated rings. The minimum absolute atomic E-state index is 0.0684. The van der Waals surface area contributed by atoms with Crippen LogP contribution in [0.2, 0.25) is 0 Å². The number of carbonyl (C=O) groups is 4. The number of carbonyl (C=O) groups excluding carboxylic acids is 4. The minimum atomic E-state index is -0.804. The summed E-state index contributed by atoms with van der Waals surface area (Å²) in [4.78, 5) is 49.9. The zero-order chi connectivity index (χ0) is 28.3. The molecule has 10 nitrogen and oxygen atoms in total. The fraction of sp³-hybridized carbons (Fsp3) is 0.643. The van der Waals surface area contributed by atoms with Crippen LogP contribution in [0.3, 0.4) is 0 Å². The van der Waals surface area contributed by atoms with Gasteiger partial charge in [0.1, 0.15) is 12.2 Å². The van der Waals surface area contributed by atoms with Crippen LogP contribution >= 0.6 is 0 Å². The van der Waals surface area contributed by atoms with Gasteiger partial charge >= 0.3 is 12.2 Å². The lowest BCUT2D eigenvalue weighted by Crippen LogP contribution is -2.60. The van der Waals surface area contributed by atoms with Gasteiger partial charge in [-0.05, 0) is 58.4 Å². The molecule has 1 aliphatic carbocycles. The molecule has 1 aromatic carbocycles. The normalized spacial score (nSPS) is 19.2. The molecule has 2 rings (SSSR count). The number of nitrogens with one attached hydrogen (secondary N) is 4. The molecule has 0 radical (unpaired) electrons. The van der Waals surface area contributed by atoms with E-state index in [1.165, 1.54) is 0 Å². The lowest BCUT2D eigenvalue weighted by Gasteiger charge is -2.37. The maximum atomic E-state index is 13.0. The third-order valence-electron chi connectivity index (χ3n) is 6.12. The van der Waals surface area contributed by atoms with E-state index < -0.39 is 41.7 Å². The molecule has 4 amide bonds. The van der Waals surface area contributed by atoms with E-state index in [2.05, 4.69) is 21.3 Å². The zero-order valence-corrected chi connectivity index (χ0v) is 23.5. The highest BCUT2D eigenvalue weighted by Crippen LogP contribution is 2.21. The molecule has 212 valence electrons. The van der Waals surface area contributed by atoms with Crippen LogP contribution in [-0.4, -0.2) is 53.8 Å². The molecule has 10 heteroatoms. The summed E-state index contributed by atoms with van der Waals surface area (Å²) in [5.74, 6) is -0.725. The highest BCUT2D eigenvalue weighted by molar-refractivity contribution is 5.95. The maximum Gasteiger partial charge on any atom is 0.414 e. The summed E-state index contributed by atoms with van der Waals surface area (Å²) in [6.07, 6.45) is 2.51. The number of hydrogen-bond donors (Lipinski definition) is 4. The van der Waals surface area contributed by atoms with E-state index >= 15 is 0 Å². The van der Waals surface area contributed by atoms with Crippen molar-refractivity contribution in [2.24, 2.45) is 5.92 Å². The van der Waals surface area contributed by atoms with Crippen molar-refractivity contribution >= 4 is 24.0 Å². The molecular formula is C28H44N4O6. The average molecular weight is 533 g/mol. The molecule has 1 aliphatic rings.